The Morgan fingerprint density at radius 2 is 1.88 bits per heavy atom. The van der Waals surface area contributed by atoms with Crippen molar-refractivity contribution in [3.8, 4) is 0 Å². The zero-order chi connectivity index (χ0) is 22.2. The second kappa shape index (κ2) is 8.61. The molecule has 32 heavy (non-hydrogen) atoms. The predicted molar refractivity (Wildman–Crippen MR) is 125 cm³/mol. The lowest BCUT2D eigenvalue weighted by atomic mass is 9.75. The number of piperidine rings is 2. The minimum absolute atomic E-state index is 0.0122. The summed E-state index contributed by atoms with van der Waals surface area (Å²) in [5.74, 6) is 0.185. The summed E-state index contributed by atoms with van der Waals surface area (Å²) in [6.45, 7) is 6.45. The Hall–Kier alpha value is -2.82. The minimum atomic E-state index is -0.0621. The molecule has 3 heterocycles. The fourth-order valence-corrected chi connectivity index (χ4v) is 5.90. The lowest BCUT2D eigenvalue weighted by molar-refractivity contribution is -0.148. The van der Waals surface area contributed by atoms with Gasteiger partial charge in [0, 0.05) is 25.7 Å². The molecule has 2 fully saturated rings. The molecule has 3 aliphatic rings. The quantitative estimate of drug-likeness (QED) is 0.793. The summed E-state index contributed by atoms with van der Waals surface area (Å²) in [5.41, 5.74) is 6.47. The van der Waals surface area contributed by atoms with E-state index < -0.39 is 0 Å². The van der Waals surface area contributed by atoms with Gasteiger partial charge >= 0.3 is 6.03 Å². The normalized spacial score (nSPS) is 24.4. The molecule has 0 spiro atoms. The van der Waals surface area contributed by atoms with E-state index in [1.807, 2.05) is 23.1 Å². The molecule has 1 N–H and O–H groups in total. The molecule has 0 bridgehead atoms. The Balaban J connectivity index is 1.33. The number of aryl methyl sites for hydroxylation is 2. The highest BCUT2D eigenvalue weighted by Crippen LogP contribution is 2.44. The average Bonchev–Trinajstić information content (AvgIpc) is 2.80. The van der Waals surface area contributed by atoms with Crippen molar-refractivity contribution < 1.29 is 9.59 Å². The number of rotatable bonds is 3. The fraction of sp³-hybridized carbons (Fsp3) is 0.481. The zero-order valence-electron chi connectivity index (χ0n) is 19.1. The van der Waals surface area contributed by atoms with E-state index in [2.05, 4.69) is 48.3 Å². The van der Waals surface area contributed by atoms with Crippen LogP contribution >= 0.6 is 0 Å². The van der Waals surface area contributed by atoms with Gasteiger partial charge in [-0.25, -0.2) is 4.79 Å². The zero-order valence-corrected chi connectivity index (χ0v) is 19.1. The highest BCUT2D eigenvalue weighted by Gasteiger charge is 2.48. The van der Waals surface area contributed by atoms with E-state index in [-0.39, 0.29) is 29.9 Å². The molecule has 2 aromatic carbocycles. The van der Waals surface area contributed by atoms with Gasteiger partial charge in [0.1, 0.15) is 0 Å². The molecule has 168 valence electrons. The number of carbonyl (C=O) groups is 2. The van der Waals surface area contributed by atoms with Crippen molar-refractivity contribution in [2.24, 2.45) is 5.92 Å². The fourth-order valence-electron chi connectivity index (χ4n) is 5.90. The number of fused-ring (bicyclic) bond motifs is 4. The topological polar surface area (TPSA) is 52.7 Å². The van der Waals surface area contributed by atoms with Gasteiger partial charge in [0.25, 0.3) is 0 Å². The molecule has 0 aromatic heterocycles. The van der Waals surface area contributed by atoms with E-state index in [0.29, 0.717) is 6.54 Å². The molecule has 2 saturated heterocycles. The van der Waals surface area contributed by atoms with E-state index in [0.717, 1.165) is 45.2 Å². The molecule has 0 aliphatic carbocycles. The first-order valence-corrected chi connectivity index (χ1v) is 12.0. The second-order valence-electron chi connectivity index (χ2n) is 9.65. The van der Waals surface area contributed by atoms with Crippen LogP contribution in [-0.2, 0) is 17.6 Å². The van der Waals surface area contributed by atoms with Crippen molar-refractivity contribution >= 4 is 11.9 Å². The van der Waals surface area contributed by atoms with Gasteiger partial charge in [0.15, 0.2) is 0 Å². The first kappa shape index (κ1) is 21.0. The number of likely N-dealkylation sites (tertiary alicyclic amines) is 1. The summed E-state index contributed by atoms with van der Waals surface area (Å²) in [4.78, 5) is 30.7. The van der Waals surface area contributed by atoms with E-state index in [9.17, 15) is 9.59 Å². The maximum absolute atomic E-state index is 13.5. The average molecular weight is 432 g/mol. The Labute approximate surface area is 190 Å². The Bertz CT molecular complexity index is 1020. The lowest BCUT2D eigenvalue weighted by Crippen LogP contribution is -2.61. The van der Waals surface area contributed by atoms with Crippen molar-refractivity contribution in [3.05, 3.63) is 70.3 Å². The van der Waals surface area contributed by atoms with Crippen LogP contribution in [0.1, 0.15) is 53.1 Å². The van der Waals surface area contributed by atoms with Gasteiger partial charge in [-0.3, -0.25) is 4.79 Å². The molecule has 3 atom stereocenters. The largest absolute Gasteiger partial charge is 0.338 e. The van der Waals surface area contributed by atoms with Gasteiger partial charge in [-0.2, -0.15) is 0 Å². The number of carbonyl (C=O) groups excluding carboxylic acids is 2. The Morgan fingerprint density at radius 1 is 1.09 bits per heavy atom. The first-order chi connectivity index (χ1) is 15.5. The molecule has 2 aromatic rings. The summed E-state index contributed by atoms with van der Waals surface area (Å²) in [6, 6.07) is 14.9. The van der Waals surface area contributed by atoms with Crippen LogP contribution in [0.15, 0.2) is 42.5 Å². The van der Waals surface area contributed by atoms with Gasteiger partial charge < -0.3 is 15.1 Å². The summed E-state index contributed by atoms with van der Waals surface area (Å²) in [6.07, 6.45) is 4.38. The third-order valence-corrected chi connectivity index (χ3v) is 7.75. The van der Waals surface area contributed by atoms with Crippen molar-refractivity contribution in [1.82, 2.24) is 15.1 Å². The van der Waals surface area contributed by atoms with E-state index >= 15 is 0 Å². The van der Waals surface area contributed by atoms with E-state index in [4.69, 9.17) is 0 Å². The molecule has 5 nitrogen and oxygen atoms in total. The minimum Gasteiger partial charge on any atom is -0.338 e. The standard InChI is InChI=1S/C27H33N3O2/c1-18-15-21-11-14-29-25(23(21)16-19(18)2)17-24-22(26(29)31)9-6-13-30(24)27(32)28-12-10-20-7-4-3-5-8-20/h3-5,7-8,15-16,22,24-25H,6,9-14,17H2,1-2H3,(H,28,32)/t22-,24-,25+/m0/s1. The van der Waals surface area contributed by atoms with E-state index in [1.165, 1.54) is 27.8 Å². The number of hydrogen-bond donors (Lipinski definition) is 1. The summed E-state index contributed by atoms with van der Waals surface area (Å²) < 4.78 is 0. The summed E-state index contributed by atoms with van der Waals surface area (Å²) in [7, 11) is 0. The van der Waals surface area contributed by atoms with Gasteiger partial charge in [0.05, 0.1) is 12.0 Å². The number of hydrogen-bond acceptors (Lipinski definition) is 2. The molecule has 5 heteroatoms. The van der Waals surface area contributed by atoms with Gasteiger partial charge in [0.2, 0.25) is 5.91 Å². The van der Waals surface area contributed by atoms with Crippen LogP contribution in [0.25, 0.3) is 0 Å². The molecular formula is C27H33N3O2. The maximum Gasteiger partial charge on any atom is 0.317 e. The molecule has 0 radical (unpaired) electrons. The summed E-state index contributed by atoms with van der Waals surface area (Å²) >= 11 is 0. The second-order valence-corrected chi connectivity index (χ2v) is 9.65. The highest BCUT2D eigenvalue weighted by atomic mass is 16.2. The molecule has 0 saturated carbocycles. The molecule has 3 amide bonds. The predicted octanol–water partition coefficient (Wildman–Crippen LogP) is 4.17. The van der Waals surface area contributed by atoms with Gasteiger partial charge in [-0.05, 0) is 73.8 Å². The third kappa shape index (κ3) is 3.78. The molecule has 0 unspecified atom stereocenters. The Morgan fingerprint density at radius 3 is 2.69 bits per heavy atom. The maximum atomic E-state index is 13.5. The highest BCUT2D eigenvalue weighted by molar-refractivity contribution is 5.83. The van der Waals surface area contributed by atoms with Crippen molar-refractivity contribution in [2.45, 2.75) is 58.0 Å². The number of amides is 3. The number of urea groups is 1. The van der Waals surface area contributed by atoms with Crippen LogP contribution in [0.2, 0.25) is 0 Å². The number of nitrogens with zero attached hydrogens (tertiary/aromatic N) is 2. The Kier molecular flexibility index (Phi) is 5.66. The summed E-state index contributed by atoms with van der Waals surface area (Å²) in [5, 5.41) is 3.12. The van der Waals surface area contributed by atoms with E-state index in [1.54, 1.807) is 0 Å². The SMILES string of the molecule is Cc1cc2c(cc1C)[C@H]1C[C@H]3[C@H](CCCN3C(=O)NCCc3ccccc3)C(=O)N1CC2. The van der Waals surface area contributed by atoms with Crippen LogP contribution in [0.4, 0.5) is 4.79 Å². The van der Waals surface area contributed by atoms with Crippen molar-refractivity contribution in [1.29, 1.82) is 0 Å². The van der Waals surface area contributed by atoms with Crippen LogP contribution in [0, 0.1) is 19.8 Å². The van der Waals surface area contributed by atoms with Crippen LogP contribution in [0.3, 0.4) is 0 Å². The van der Waals surface area contributed by atoms with Crippen molar-refractivity contribution in [3.63, 3.8) is 0 Å². The lowest BCUT2D eigenvalue weighted by Gasteiger charge is -2.51. The molecule has 5 rings (SSSR count). The molecule has 3 aliphatic heterocycles. The molecular weight excluding hydrogens is 398 g/mol. The monoisotopic (exact) mass is 431 g/mol. The van der Waals surface area contributed by atoms with Crippen LogP contribution in [0.5, 0.6) is 0 Å². The van der Waals surface area contributed by atoms with Gasteiger partial charge in [-0.15, -0.1) is 0 Å². The van der Waals surface area contributed by atoms with Crippen LogP contribution in [-0.4, -0.2) is 47.4 Å². The smallest absolute Gasteiger partial charge is 0.317 e. The van der Waals surface area contributed by atoms with Crippen molar-refractivity contribution in [2.75, 3.05) is 19.6 Å². The first-order valence-electron chi connectivity index (χ1n) is 12.0. The van der Waals surface area contributed by atoms with Crippen LogP contribution < -0.4 is 5.32 Å². The number of benzene rings is 2. The number of nitrogens with one attached hydrogen (secondary N) is 1. The third-order valence-electron chi connectivity index (χ3n) is 7.75. The van der Waals surface area contributed by atoms with Gasteiger partial charge in [-0.1, -0.05) is 42.5 Å².